The first-order valence-electron chi connectivity index (χ1n) is 7.27. The summed E-state index contributed by atoms with van der Waals surface area (Å²) in [4.78, 5) is 49.5. The van der Waals surface area contributed by atoms with E-state index in [0.717, 1.165) is 0 Å². The summed E-state index contributed by atoms with van der Waals surface area (Å²) in [5, 5.41) is 11.7. The van der Waals surface area contributed by atoms with E-state index in [1.807, 2.05) is 0 Å². The molecule has 9 heteroatoms. The van der Waals surface area contributed by atoms with Crippen LogP contribution in [0, 0.1) is 5.92 Å². The molecule has 23 heavy (non-hydrogen) atoms. The molecule has 2 N–H and O–H groups in total. The van der Waals surface area contributed by atoms with Crippen LogP contribution >= 0.6 is 0 Å². The van der Waals surface area contributed by atoms with Crippen molar-refractivity contribution in [3.8, 4) is 0 Å². The number of amides is 3. The zero-order valence-electron chi connectivity index (χ0n) is 12.7. The molecule has 3 amide bonds. The number of alkyl carbamates (subject to hydrolysis) is 1. The predicted molar refractivity (Wildman–Crippen MR) is 75.0 cm³/mol. The van der Waals surface area contributed by atoms with Gasteiger partial charge in [-0.05, 0) is 12.0 Å². The van der Waals surface area contributed by atoms with Crippen LogP contribution < -0.4 is 5.32 Å². The highest BCUT2D eigenvalue weighted by Crippen LogP contribution is 2.47. The van der Waals surface area contributed by atoms with E-state index < -0.39 is 18.1 Å². The molecule has 2 saturated heterocycles. The Labute approximate surface area is 131 Å². The third-order valence-corrected chi connectivity index (χ3v) is 4.64. The highest BCUT2D eigenvalue weighted by atomic mass is 16.5. The zero-order chi connectivity index (χ0) is 16.9. The van der Waals surface area contributed by atoms with Crippen LogP contribution in [0.5, 0.6) is 0 Å². The second-order valence-electron chi connectivity index (χ2n) is 5.86. The predicted octanol–water partition coefficient (Wildman–Crippen LogP) is -0.857. The number of carbonyl (C=O) groups excluding carboxylic acids is 3. The van der Waals surface area contributed by atoms with E-state index in [1.165, 1.54) is 23.8 Å². The molecule has 0 aromatic carbocycles. The zero-order valence-corrected chi connectivity index (χ0v) is 12.7. The van der Waals surface area contributed by atoms with Crippen molar-refractivity contribution in [3.63, 3.8) is 0 Å². The van der Waals surface area contributed by atoms with Gasteiger partial charge in [0, 0.05) is 26.4 Å². The van der Waals surface area contributed by atoms with Crippen LogP contribution in [-0.4, -0.2) is 71.1 Å². The standard InChI is InChI=1S/C14H17N3O6/c1-6(18)16-4-7-3-8(5-23-14(22)15-2)10(13(20)21)17-9(7)11(16)12(17)19/h7,9,11H,3-5H2,1-2H3,(H,15,22)(H,20,21)/t7-,9-,11+/m1/s1. The lowest BCUT2D eigenvalue weighted by atomic mass is 9.79. The first-order valence-corrected chi connectivity index (χ1v) is 7.27. The number of likely N-dealkylation sites (tertiary alicyclic amines) is 1. The molecule has 3 heterocycles. The Morgan fingerprint density at radius 1 is 1.39 bits per heavy atom. The maximum absolute atomic E-state index is 12.3. The molecule has 124 valence electrons. The molecule has 0 radical (unpaired) electrons. The summed E-state index contributed by atoms with van der Waals surface area (Å²) in [5.41, 5.74) is 0.265. The lowest BCUT2D eigenvalue weighted by Crippen LogP contribution is -2.69. The monoisotopic (exact) mass is 323 g/mol. The fourth-order valence-electron chi connectivity index (χ4n) is 3.71. The van der Waals surface area contributed by atoms with Crippen molar-refractivity contribution in [2.24, 2.45) is 5.92 Å². The fourth-order valence-corrected chi connectivity index (χ4v) is 3.71. The topological polar surface area (TPSA) is 116 Å². The SMILES string of the molecule is CNC(=O)OCC1=C(C(=O)O)N2C(=O)[C@@H]3[C@H]2[C@H](C1)CN3C(C)=O. The van der Waals surface area contributed by atoms with Crippen LogP contribution in [0.4, 0.5) is 4.79 Å². The average molecular weight is 323 g/mol. The number of aliphatic carboxylic acids is 1. The van der Waals surface area contributed by atoms with Crippen molar-refractivity contribution in [2.45, 2.75) is 25.4 Å². The molecular formula is C14H17N3O6. The number of nitrogens with one attached hydrogen (secondary N) is 1. The molecule has 0 spiro atoms. The minimum atomic E-state index is -1.23. The van der Waals surface area contributed by atoms with Crippen molar-refractivity contribution in [2.75, 3.05) is 20.2 Å². The molecule has 0 aliphatic carbocycles. The molecule has 0 aromatic rings. The van der Waals surface area contributed by atoms with Crippen LogP contribution in [-0.2, 0) is 19.1 Å². The summed E-state index contributed by atoms with van der Waals surface area (Å²) in [5.74, 6) is -1.85. The number of carbonyl (C=O) groups is 4. The summed E-state index contributed by atoms with van der Waals surface area (Å²) in [7, 11) is 1.40. The number of nitrogens with zero attached hydrogens (tertiary/aromatic N) is 2. The number of carboxylic acids is 1. The molecular weight excluding hydrogens is 306 g/mol. The third kappa shape index (κ3) is 2.14. The second kappa shape index (κ2) is 5.25. The van der Waals surface area contributed by atoms with Crippen LogP contribution in [0.1, 0.15) is 13.3 Å². The highest BCUT2D eigenvalue weighted by molar-refractivity contribution is 6.02. The maximum Gasteiger partial charge on any atom is 0.407 e. The van der Waals surface area contributed by atoms with E-state index >= 15 is 0 Å². The van der Waals surface area contributed by atoms with E-state index in [4.69, 9.17) is 4.74 Å². The van der Waals surface area contributed by atoms with Crippen molar-refractivity contribution in [3.05, 3.63) is 11.3 Å². The lowest BCUT2D eigenvalue weighted by Gasteiger charge is -2.49. The molecule has 3 aliphatic rings. The minimum Gasteiger partial charge on any atom is -0.477 e. The van der Waals surface area contributed by atoms with Gasteiger partial charge < -0.3 is 20.1 Å². The summed E-state index contributed by atoms with van der Waals surface area (Å²) in [6, 6.07) is -0.852. The average Bonchev–Trinajstić information content (AvgIpc) is 2.87. The Balaban J connectivity index is 1.90. The number of carboxylic acid groups (broad SMARTS) is 1. The summed E-state index contributed by atoms with van der Waals surface area (Å²) >= 11 is 0. The van der Waals surface area contributed by atoms with Gasteiger partial charge >= 0.3 is 12.1 Å². The van der Waals surface area contributed by atoms with Crippen molar-refractivity contribution < 1.29 is 29.0 Å². The first kappa shape index (κ1) is 15.3. The molecule has 2 fully saturated rings. The Morgan fingerprint density at radius 2 is 2.09 bits per heavy atom. The van der Waals surface area contributed by atoms with Gasteiger partial charge in [0.2, 0.25) is 5.91 Å². The Bertz CT molecular complexity index is 642. The van der Waals surface area contributed by atoms with E-state index in [-0.39, 0.29) is 36.1 Å². The van der Waals surface area contributed by atoms with Crippen LogP contribution in [0.25, 0.3) is 0 Å². The van der Waals surface area contributed by atoms with Crippen LogP contribution in [0.2, 0.25) is 0 Å². The second-order valence-corrected chi connectivity index (χ2v) is 5.86. The van der Waals surface area contributed by atoms with Crippen LogP contribution in [0.3, 0.4) is 0 Å². The van der Waals surface area contributed by atoms with Gasteiger partial charge in [-0.2, -0.15) is 0 Å². The largest absolute Gasteiger partial charge is 0.477 e. The Kier molecular flexibility index (Phi) is 3.50. The molecule has 0 bridgehead atoms. The van der Waals surface area contributed by atoms with Gasteiger partial charge in [0.1, 0.15) is 18.3 Å². The molecule has 0 aromatic heterocycles. The van der Waals surface area contributed by atoms with E-state index in [1.54, 1.807) is 0 Å². The molecule has 0 unspecified atom stereocenters. The van der Waals surface area contributed by atoms with Gasteiger partial charge in [-0.1, -0.05) is 0 Å². The normalized spacial score (nSPS) is 28.3. The van der Waals surface area contributed by atoms with Crippen molar-refractivity contribution in [1.29, 1.82) is 0 Å². The van der Waals surface area contributed by atoms with Crippen molar-refractivity contribution in [1.82, 2.24) is 15.1 Å². The molecule has 3 atom stereocenters. The minimum absolute atomic E-state index is 0.0343. The molecule has 0 saturated carbocycles. The lowest BCUT2D eigenvalue weighted by molar-refractivity contribution is -0.159. The van der Waals surface area contributed by atoms with Gasteiger partial charge in [-0.3, -0.25) is 14.5 Å². The Morgan fingerprint density at radius 3 is 2.65 bits per heavy atom. The molecule has 3 aliphatic heterocycles. The highest BCUT2D eigenvalue weighted by Gasteiger charge is 2.63. The fraction of sp³-hybridized carbons (Fsp3) is 0.571. The third-order valence-electron chi connectivity index (χ3n) is 4.64. The van der Waals surface area contributed by atoms with E-state index in [9.17, 15) is 24.3 Å². The Hall–Kier alpha value is -2.58. The number of hydrogen-bond donors (Lipinski definition) is 2. The molecule has 9 nitrogen and oxygen atoms in total. The van der Waals surface area contributed by atoms with Gasteiger partial charge in [0.25, 0.3) is 5.91 Å². The van der Waals surface area contributed by atoms with Gasteiger partial charge in [0.05, 0.1) is 6.04 Å². The number of hydrogen-bond acceptors (Lipinski definition) is 5. The summed E-state index contributed by atoms with van der Waals surface area (Å²) < 4.78 is 4.94. The van der Waals surface area contributed by atoms with Gasteiger partial charge in [-0.25, -0.2) is 9.59 Å². The summed E-state index contributed by atoms with van der Waals surface area (Å²) in [6.07, 6.45) is -0.290. The summed E-state index contributed by atoms with van der Waals surface area (Å²) in [6.45, 7) is 1.61. The quantitative estimate of drug-likeness (QED) is 0.653. The maximum atomic E-state index is 12.3. The number of ether oxygens (including phenoxy) is 1. The first-order chi connectivity index (χ1) is 10.9. The van der Waals surface area contributed by atoms with Crippen molar-refractivity contribution >= 4 is 23.9 Å². The number of rotatable bonds is 3. The van der Waals surface area contributed by atoms with E-state index in [2.05, 4.69) is 5.32 Å². The van der Waals surface area contributed by atoms with E-state index in [0.29, 0.717) is 18.5 Å². The van der Waals surface area contributed by atoms with Gasteiger partial charge in [0.15, 0.2) is 0 Å². The molecule has 3 rings (SSSR count). The van der Waals surface area contributed by atoms with Crippen LogP contribution in [0.15, 0.2) is 11.3 Å². The van der Waals surface area contributed by atoms with Gasteiger partial charge in [-0.15, -0.1) is 0 Å². The smallest absolute Gasteiger partial charge is 0.407 e. The number of β-lactam (4-membered cyclic amide) rings is 1.